The van der Waals surface area contributed by atoms with Gasteiger partial charge < -0.3 is 15.0 Å². The van der Waals surface area contributed by atoms with Gasteiger partial charge in [-0.1, -0.05) is 6.92 Å². The molecular formula is C14H25N3O2. The van der Waals surface area contributed by atoms with Crippen LogP contribution in [0.4, 0.5) is 4.79 Å². The van der Waals surface area contributed by atoms with Gasteiger partial charge in [0.1, 0.15) is 11.4 Å². The van der Waals surface area contributed by atoms with Crippen molar-refractivity contribution in [3.8, 4) is 0 Å². The van der Waals surface area contributed by atoms with Crippen molar-refractivity contribution in [2.75, 3.05) is 0 Å². The number of ether oxygens (including phenoxy) is 1. The highest BCUT2D eigenvalue weighted by Crippen LogP contribution is 2.20. The van der Waals surface area contributed by atoms with E-state index in [9.17, 15) is 4.79 Å². The van der Waals surface area contributed by atoms with Crippen LogP contribution in [0.15, 0.2) is 0 Å². The van der Waals surface area contributed by atoms with E-state index < -0.39 is 17.2 Å². The highest BCUT2D eigenvalue weighted by molar-refractivity contribution is 5.68. The van der Waals surface area contributed by atoms with Crippen LogP contribution in [0.25, 0.3) is 0 Å². The average Bonchev–Trinajstić information content (AvgIpc) is 2.56. The van der Waals surface area contributed by atoms with Crippen LogP contribution in [0.5, 0.6) is 0 Å². The van der Waals surface area contributed by atoms with Crippen LogP contribution in [0.2, 0.25) is 0 Å². The molecule has 1 aromatic heterocycles. The Bertz CT molecular complexity index is 456. The van der Waals surface area contributed by atoms with Gasteiger partial charge in [-0.25, -0.2) is 9.78 Å². The largest absolute Gasteiger partial charge is 0.444 e. The second-order valence-electron chi connectivity index (χ2n) is 6.26. The maximum atomic E-state index is 11.8. The molecule has 0 atom stereocenters. The van der Waals surface area contributed by atoms with Crippen molar-refractivity contribution in [2.45, 2.75) is 66.0 Å². The second kappa shape index (κ2) is 5.23. The second-order valence-corrected chi connectivity index (χ2v) is 6.26. The SMILES string of the molecule is CCc1nc(C(C)(C)NC(=O)OC(C)(C)C)[nH]c1C. The molecule has 19 heavy (non-hydrogen) atoms. The van der Waals surface area contributed by atoms with Crippen LogP contribution in [-0.2, 0) is 16.7 Å². The van der Waals surface area contributed by atoms with Crippen molar-refractivity contribution in [1.82, 2.24) is 15.3 Å². The predicted molar refractivity (Wildman–Crippen MR) is 75.1 cm³/mol. The number of H-pyrrole nitrogens is 1. The predicted octanol–water partition coefficient (Wildman–Crippen LogP) is 3.04. The van der Waals surface area contributed by atoms with Crippen molar-refractivity contribution in [3.63, 3.8) is 0 Å². The van der Waals surface area contributed by atoms with Gasteiger partial charge in [-0.05, 0) is 48.0 Å². The number of carbonyl (C=O) groups is 1. The Balaban J connectivity index is 2.82. The number of rotatable bonds is 3. The molecule has 5 heteroatoms. The normalized spacial score (nSPS) is 12.4. The molecule has 0 radical (unpaired) electrons. The smallest absolute Gasteiger partial charge is 0.408 e. The number of amides is 1. The van der Waals surface area contributed by atoms with Crippen molar-refractivity contribution in [3.05, 3.63) is 17.2 Å². The van der Waals surface area contributed by atoms with Gasteiger partial charge in [0.05, 0.1) is 11.2 Å². The lowest BCUT2D eigenvalue weighted by Gasteiger charge is -2.27. The number of aromatic amines is 1. The molecule has 0 unspecified atom stereocenters. The fraction of sp³-hybridized carbons (Fsp3) is 0.714. The minimum absolute atomic E-state index is 0.440. The summed E-state index contributed by atoms with van der Waals surface area (Å²) in [5.74, 6) is 0.743. The molecule has 0 saturated heterocycles. The van der Waals surface area contributed by atoms with Gasteiger partial charge in [0.25, 0.3) is 0 Å². The number of nitrogens with one attached hydrogen (secondary N) is 2. The maximum absolute atomic E-state index is 11.8. The van der Waals surface area contributed by atoms with Gasteiger partial charge in [-0.3, -0.25) is 0 Å². The molecule has 2 N–H and O–H groups in total. The summed E-state index contributed by atoms with van der Waals surface area (Å²) in [5, 5.41) is 2.84. The Labute approximate surface area is 115 Å². The number of nitrogens with zero attached hydrogens (tertiary/aromatic N) is 1. The van der Waals surface area contributed by atoms with E-state index >= 15 is 0 Å². The molecule has 0 aromatic carbocycles. The summed E-state index contributed by atoms with van der Waals surface area (Å²) in [7, 11) is 0. The van der Waals surface area contributed by atoms with Crippen LogP contribution in [0.3, 0.4) is 0 Å². The van der Waals surface area contributed by atoms with Gasteiger partial charge in [-0.2, -0.15) is 0 Å². The Kier molecular flexibility index (Phi) is 4.28. The Morgan fingerprint density at radius 2 is 1.89 bits per heavy atom. The third-order valence-corrected chi connectivity index (χ3v) is 2.73. The molecule has 1 aromatic rings. The number of imidazole rings is 1. The lowest BCUT2D eigenvalue weighted by Crippen LogP contribution is -2.44. The molecule has 0 saturated carbocycles. The molecule has 0 spiro atoms. The van der Waals surface area contributed by atoms with E-state index in [4.69, 9.17) is 4.74 Å². The number of aromatic nitrogens is 2. The third kappa shape index (κ3) is 4.26. The van der Waals surface area contributed by atoms with E-state index in [-0.39, 0.29) is 0 Å². The molecule has 108 valence electrons. The van der Waals surface area contributed by atoms with Gasteiger partial charge in [0.2, 0.25) is 0 Å². The summed E-state index contributed by atoms with van der Waals surface area (Å²) in [4.78, 5) is 19.6. The van der Waals surface area contributed by atoms with E-state index in [0.29, 0.717) is 0 Å². The molecule has 1 rings (SSSR count). The van der Waals surface area contributed by atoms with Gasteiger partial charge in [0, 0.05) is 5.69 Å². The molecule has 0 bridgehead atoms. The minimum Gasteiger partial charge on any atom is -0.444 e. The summed E-state index contributed by atoms with van der Waals surface area (Å²) in [6, 6.07) is 0. The molecule has 0 aliphatic heterocycles. The molecular weight excluding hydrogens is 242 g/mol. The average molecular weight is 267 g/mol. The highest BCUT2D eigenvalue weighted by atomic mass is 16.6. The highest BCUT2D eigenvalue weighted by Gasteiger charge is 2.29. The van der Waals surface area contributed by atoms with Gasteiger partial charge in [-0.15, -0.1) is 0 Å². The zero-order valence-corrected chi connectivity index (χ0v) is 13.0. The van der Waals surface area contributed by atoms with E-state index in [0.717, 1.165) is 23.6 Å². The van der Waals surface area contributed by atoms with Crippen LogP contribution in [-0.4, -0.2) is 21.7 Å². The number of carbonyl (C=O) groups excluding carboxylic acids is 1. The fourth-order valence-electron chi connectivity index (χ4n) is 1.75. The summed E-state index contributed by atoms with van der Waals surface area (Å²) in [5.41, 5.74) is 0.958. The molecule has 1 heterocycles. The topological polar surface area (TPSA) is 67.0 Å². The molecule has 1 amide bonds. The monoisotopic (exact) mass is 267 g/mol. The number of hydrogen-bond acceptors (Lipinski definition) is 3. The molecule has 0 fully saturated rings. The maximum Gasteiger partial charge on any atom is 0.408 e. The number of alkyl carbamates (subject to hydrolysis) is 1. The summed E-state index contributed by atoms with van der Waals surface area (Å²) >= 11 is 0. The van der Waals surface area contributed by atoms with E-state index in [1.807, 2.05) is 41.5 Å². The first-order valence-electron chi connectivity index (χ1n) is 6.62. The van der Waals surface area contributed by atoms with Crippen LogP contribution in [0, 0.1) is 6.92 Å². The summed E-state index contributed by atoms with van der Waals surface area (Å²) < 4.78 is 5.27. The first-order valence-corrected chi connectivity index (χ1v) is 6.62. The van der Waals surface area contributed by atoms with E-state index in [1.165, 1.54) is 0 Å². The van der Waals surface area contributed by atoms with Crippen molar-refractivity contribution in [2.24, 2.45) is 0 Å². The van der Waals surface area contributed by atoms with Crippen molar-refractivity contribution < 1.29 is 9.53 Å². The first-order chi connectivity index (χ1) is 8.55. The van der Waals surface area contributed by atoms with Gasteiger partial charge in [0.15, 0.2) is 0 Å². The van der Waals surface area contributed by atoms with Gasteiger partial charge >= 0.3 is 6.09 Å². The quantitative estimate of drug-likeness (QED) is 0.884. The molecule has 0 aliphatic rings. The standard InChI is InChI=1S/C14H25N3O2/c1-8-10-9(2)15-11(16-10)14(6,7)17-12(18)19-13(3,4)5/h8H2,1-7H3,(H,15,16)(H,17,18). The fourth-order valence-corrected chi connectivity index (χ4v) is 1.75. The van der Waals surface area contributed by atoms with Crippen LogP contribution in [0.1, 0.15) is 58.8 Å². The first kappa shape index (κ1) is 15.5. The third-order valence-electron chi connectivity index (χ3n) is 2.73. The summed E-state index contributed by atoms with van der Waals surface area (Å²) in [6.07, 6.45) is 0.426. The Hall–Kier alpha value is -1.52. The molecule has 0 aliphatic carbocycles. The Morgan fingerprint density at radius 3 is 2.32 bits per heavy atom. The Morgan fingerprint density at radius 1 is 1.32 bits per heavy atom. The minimum atomic E-state index is -0.597. The zero-order valence-electron chi connectivity index (χ0n) is 13.0. The summed E-state index contributed by atoms with van der Waals surface area (Å²) in [6.45, 7) is 13.4. The van der Waals surface area contributed by atoms with Crippen molar-refractivity contribution in [1.29, 1.82) is 0 Å². The van der Waals surface area contributed by atoms with Crippen LogP contribution < -0.4 is 5.32 Å². The van der Waals surface area contributed by atoms with Crippen molar-refractivity contribution >= 4 is 6.09 Å². The van der Waals surface area contributed by atoms with Crippen LogP contribution >= 0.6 is 0 Å². The van der Waals surface area contributed by atoms with E-state index in [1.54, 1.807) is 0 Å². The number of hydrogen-bond donors (Lipinski definition) is 2. The lowest BCUT2D eigenvalue weighted by molar-refractivity contribution is 0.0466. The van der Waals surface area contributed by atoms with E-state index in [2.05, 4.69) is 22.2 Å². The zero-order chi connectivity index (χ0) is 14.8. The number of aryl methyl sites for hydroxylation is 2. The molecule has 5 nitrogen and oxygen atoms in total. The lowest BCUT2D eigenvalue weighted by atomic mass is 10.1.